The highest BCUT2D eigenvalue weighted by Crippen LogP contribution is 2.21. The maximum Gasteiger partial charge on any atom is 0.246 e. The molecule has 0 spiro atoms. The zero-order valence-electron chi connectivity index (χ0n) is 13.9. The van der Waals surface area contributed by atoms with Crippen LogP contribution in [-0.2, 0) is 22.4 Å². The number of imidazole rings is 1. The fourth-order valence-corrected chi connectivity index (χ4v) is 2.85. The van der Waals surface area contributed by atoms with Crippen LogP contribution in [0.2, 0.25) is 0 Å². The molecule has 0 aliphatic carbocycles. The highest BCUT2D eigenvalue weighted by molar-refractivity contribution is 7.31. The third kappa shape index (κ3) is 4.63. The summed E-state index contributed by atoms with van der Waals surface area (Å²) in [6.45, 7) is 1.74. The van der Waals surface area contributed by atoms with E-state index in [1.165, 1.54) is 7.11 Å². The van der Waals surface area contributed by atoms with Gasteiger partial charge in [0, 0.05) is 15.4 Å². The van der Waals surface area contributed by atoms with Gasteiger partial charge in [-0.1, -0.05) is 30.3 Å². The lowest BCUT2D eigenvalue weighted by Crippen LogP contribution is -2.07. The Morgan fingerprint density at radius 3 is 2.84 bits per heavy atom. The highest BCUT2D eigenvalue weighted by Gasteiger charge is 2.12. The van der Waals surface area contributed by atoms with E-state index in [-0.39, 0.29) is 5.95 Å². The molecule has 0 aliphatic rings. The second-order valence-corrected chi connectivity index (χ2v) is 6.04. The first-order valence-corrected chi connectivity index (χ1v) is 8.88. The Bertz CT molecular complexity index is 812. The zero-order chi connectivity index (χ0) is 17.5. The fraction of sp³-hybridized carbons (Fsp3) is 0.312. The Hall–Kier alpha value is -2.28. The number of fused-ring (bicyclic) bond motifs is 1. The molecule has 3 rings (SSSR count). The second kappa shape index (κ2) is 8.71. The summed E-state index contributed by atoms with van der Waals surface area (Å²) in [5.74, 6) is 0.528. The van der Waals surface area contributed by atoms with Gasteiger partial charge >= 0.3 is 0 Å². The molecule has 1 unspecified atom stereocenters. The topological polar surface area (TPSA) is 97.3 Å². The number of hydrogen-bond acceptors (Lipinski definition) is 7. The number of nitrogen functional groups attached to an aromatic ring is 1. The number of methoxy groups -OCH3 is 1. The summed E-state index contributed by atoms with van der Waals surface area (Å²) >= 11 is 0. The average molecular weight is 361 g/mol. The molecule has 2 heterocycles. The quantitative estimate of drug-likeness (QED) is 0.461. The molecule has 132 valence electrons. The van der Waals surface area contributed by atoms with Crippen molar-refractivity contribution >= 4 is 25.9 Å². The van der Waals surface area contributed by atoms with E-state index < -0.39 is 0 Å². The fourth-order valence-electron chi connectivity index (χ4n) is 2.27. The second-order valence-electron chi connectivity index (χ2n) is 5.17. The molecule has 0 saturated carbocycles. The number of nitrogens with two attached hydrogens (primary N) is 1. The average Bonchev–Trinajstić information content (AvgIpc) is 3.04. The van der Waals surface area contributed by atoms with Crippen molar-refractivity contribution in [3.8, 4) is 5.88 Å². The standard InChI is InChI=1S/C16H20N5O3P/c1-22-15-13-14(19-16(17)20-15)21(10-18-13)7-8-23-11-25-24-9-12-5-3-2-4-6-12/h2-6,10,25H,7-9,11H2,1H3,(H2,17,19,20). The summed E-state index contributed by atoms with van der Waals surface area (Å²) in [5.41, 5.74) is 8.08. The SMILES string of the molecule is COc1nc(N)nc2c1ncn2CCOCPOCc1ccccc1. The summed E-state index contributed by atoms with van der Waals surface area (Å²) in [4.78, 5) is 12.5. The lowest BCUT2D eigenvalue weighted by atomic mass is 10.2. The van der Waals surface area contributed by atoms with Gasteiger partial charge in [-0.05, 0) is 5.56 Å². The van der Waals surface area contributed by atoms with Crippen LogP contribution >= 0.6 is 8.81 Å². The number of benzene rings is 1. The van der Waals surface area contributed by atoms with Gasteiger partial charge in [0.2, 0.25) is 11.8 Å². The molecule has 2 aromatic heterocycles. The molecule has 0 fully saturated rings. The highest BCUT2D eigenvalue weighted by atomic mass is 31.1. The molecule has 0 aliphatic heterocycles. The van der Waals surface area contributed by atoms with Gasteiger partial charge in [-0.25, -0.2) is 4.98 Å². The summed E-state index contributed by atoms with van der Waals surface area (Å²) in [6.07, 6.45) is 2.23. The van der Waals surface area contributed by atoms with Gasteiger partial charge in [-0.15, -0.1) is 0 Å². The van der Waals surface area contributed by atoms with Crippen LogP contribution in [0.5, 0.6) is 5.88 Å². The van der Waals surface area contributed by atoms with Gasteiger partial charge in [0.1, 0.15) is 0 Å². The van der Waals surface area contributed by atoms with E-state index in [0.717, 1.165) is 5.56 Å². The minimum absolute atomic E-state index is 0.155. The number of nitrogens with zero attached hydrogens (tertiary/aromatic N) is 4. The Labute approximate surface area is 147 Å². The normalized spacial score (nSPS) is 11.6. The third-order valence-electron chi connectivity index (χ3n) is 3.46. The number of anilines is 1. The molecule has 0 saturated heterocycles. The van der Waals surface area contributed by atoms with Gasteiger partial charge in [-0.3, -0.25) is 0 Å². The van der Waals surface area contributed by atoms with E-state index in [1.807, 2.05) is 34.9 Å². The maximum atomic E-state index is 5.70. The Morgan fingerprint density at radius 1 is 1.20 bits per heavy atom. The van der Waals surface area contributed by atoms with Crippen LogP contribution < -0.4 is 10.5 Å². The van der Waals surface area contributed by atoms with E-state index in [4.69, 9.17) is 19.7 Å². The predicted octanol–water partition coefficient (Wildman–Crippen LogP) is 2.20. The molecule has 3 aromatic rings. The van der Waals surface area contributed by atoms with Crippen molar-refractivity contribution in [2.75, 3.05) is 25.8 Å². The first-order chi connectivity index (χ1) is 12.3. The molecule has 1 aromatic carbocycles. The smallest absolute Gasteiger partial charge is 0.246 e. The number of rotatable bonds is 9. The van der Waals surface area contributed by atoms with E-state index in [0.29, 0.717) is 52.0 Å². The summed E-state index contributed by atoms with van der Waals surface area (Å²) in [5, 5.41) is 0. The van der Waals surface area contributed by atoms with Crippen molar-refractivity contribution in [1.29, 1.82) is 0 Å². The van der Waals surface area contributed by atoms with Crippen molar-refractivity contribution < 1.29 is 14.0 Å². The number of ether oxygens (including phenoxy) is 2. The van der Waals surface area contributed by atoms with E-state index in [2.05, 4.69) is 15.0 Å². The van der Waals surface area contributed by atoms with Crippen molar-refractivity contribution in [2.24, 2.45) is 0 Å². The molecule has 2 N–H and O–H groups in total. The molecule has 1 atom stereocenters. The predicted molar refractivity (Wildman–Crippen MR) is 96.7 cm³/mol. The van der Waals surface area contributed by atoms with Crippen LogP contribution in [0.15, 0.2) is 36.7 Å². The molecule has 9 heteroatoms. The van der Waals surface area contributed by atoms with Gasteiger partial charge < -0.3 is 24.3 Å². The van der Waals surface area contributed by atoms with Crippen LogP contribution in [0.4, 0.5) is 5.95 Å². The molecule has 0 radical (unpaired) electrons. The van der Waals surface area contributed by atoms with Crippen molar-refractivity contribution in [3.63, 3.8) is 0 Å². The molecular formula is C16H20N5O3P. The molecule has 8 nitrogen and oxygen atoms in total. The molecule has 25 heavy (non-hydrogen) atoms. The van der Waals surface area contributed by atoms with Crippen LogP contribution in [0.25, 0.3) is 11.2 Å². The van der Waals surface area contributed by atoms with Crippen LogP contribution in [0, 0.1) is 0 Å². The largest absolute Gasteiger partial charge is 0.479 e. The Kier molecular flexibility index (Phi) is 6.11. The minimum Gasteiger partial charge on any atom is -0.479 e. The van der Waals surface area contributed by atoms with Gasteiger partial charge in [-0.2, -0.15) is 9.97 Å². The summed E-state index contributed by atoms with van der Waals surface area (Å²) in [7, 11) is 1.82. The van der Waals surface area contributed by atoms with Crippen LogP contribution in [-0.4, -0.2) is 39.6 Å². The van der Waals surface area contributed by atoms with Gasteiger partial charge in [0.25, 0.3) is 0 Å². The van der Waals surface area contributed by atoms with E-state index >= 15 is 0 Å². The zero-order valence-corrected chi connectivity index (χ0v) is 14.9. The van der Waals surface area contributed by atoms with Crippen molar-refractivity contribution in [3.05, 3.63) is 42.2 Å². The molecular weight excluding hydrogens is 341 g/mol. The minimum atomic E-state index is 0.155. The van der Waals surface area contributed by atoms with Gasteiger partial charge in [0.05, 0.1) is 33.0 Å². The maximum absolute atomic E-state index is 5.70. The Balaban J connectivity index is 1.42. The number of aromatic nitrogens is 4. The first kappa shape index (κ1) is 17.5. The lowest BCUT2D eigenvalue weighted by Gasteiger charge is -2.07. The van der Waals surface area contributed by atoms with E-state index in [9.17, 15) is 0 Å². The van der Waals surface area contributed by atoms with Crippen molar-refractivity contribution in [1.82, 2.24) is 19.5 Å². The van der Waals surface area contributed by atoms with Crippen LogP contribution in [0.3, 0.4) is 0 Å². The number of hydrogen-bond donors (Lipinski definition) is 1. The summed E-state index contributed by atoms with van der Waals surface area (Å²) in [6, 6.07) is 10.1. The van der Waals surface area contributed by atoms with Crippen LogP contribution in [0.1, 0.15) is 5.56 Å². The van der Waals surface area contributed by atoms with Gasteiger partial charge in [0.15, 0.2) is 11.2 Å². The lowest BCUT2D eigenvalue weighted by molar-refractivity contribution is 0.163. The Morgan fingerprint density at radius 2 is 2.04 bits per heavy atom. The molecule has 0 amide bonds. The monoisotopic (exact) mass is 361 g/mol. The molecule has 0 bridgehead atoms. The van der Waals surface area contributed by atoms with Crippen molar-refractivity contribution in [2.45, 2.75) is 13.2 Å². The van der Waals surface area contributed by atoms with E-state index in [1.54, 1.807) is 6.33 Å². The third-order valence-corrected chi connectivity index (χ3v) is 4.13. The summed E-state index contributed by atoms with van der Waals surface area (Å²) < 4.78 is 18.3. The first-order valence-electron chi connectivity index (χ1n) is 7.76.